The Morgan fingerprint density at radius 1 is 1.36 bits per heavy atom. The molecule has 14 heavy (non-hydrogen) atoms. The number of carboxylic acids is 1. The lowest BCUT2D eigenvalue weighted by Crippen LogP contribution is -2.06. The fourth-order valence-electron chi connectivity index (χ4n) is 1.68. The molecule has 2 heterocycles. The van der Waals surface area contributed by atoms with Crippen LogP contribution in [0.5, 0.6) is 0 Å². The Hall–Kier alpha value is -1.77. The summed E-state index contributed by atoms with van der Waals surface area (Å²) in [7, 11) is 0. The maximum Gasteiger partial charge on any atom is 0.352 e. The SMILES string of the molecule is CCc1ccc2cccc(C(=O)O)n12. The van der Waals surface area contributed by atoms with Gasteiger partial charge in [-0.2, -0.15) is 0 Å². The molecule has 0 radical (unpaired) electrons. The highest BCUT2D eigenvalue weighted by Crippen LogP contribution is 2.14. The Balaban J connectivity index is 2.81. The predicted molar refractivity (Wildman–Crippen MR) is 53.7 cm³/mol. The number of nitrogens with zero attached hydrogens (tertiary/aromatic N) is 1. The first kappa shape index (κ1) is 8.81. The van der Waals surface area contributed by atoms with Gasteiger partial charge in [0.25, 0.3) is 0 Å². The van der Waals surface area contributed by atoms with Crippen LogP contribution < -0.4 is 0 Å². The second-order valence-corrected chi connectivity index (χ2v) is 3.15. The number of aromatic carboxylic acids is 1. The first-order chi connectivity index (χ1) is 6.74. The summed E-state index contributed by atoms with van der Waals surface area (Å²) in [5.74, 6) is -0.888. The van der Waals surface area contributed by atoms with Gasteiger partial charge < -0.3 is 9.51 Å². The van der Waals surface area contributed by atoms with Crippen LogP contribution in [-0.4, -0.2) is 15.5 Å². The molecule has 2 aromatic rings. The largest absolute Gasteiger partial charge is 0.477 e. The van der Waals surface area contributed by atoms with Crippen molar-refractivity contribution in [1.29, 1.82) is 0 Å². The molecule has 72 valence electrons. The molecule has 0 aliphatic heterocycles. The zero-order chi connectivity index (χ0) is 10.1. The van der Waals surface area contributed by atoms with Crippen molar-refractivity contribution in [3.8, 4) is 0 Å². The third-order valence-corrected chi connectivity index (χ3v) is 2.34. The lowest BCUT2D eigenvalue weighted by Gasteiger charge is -2.04. The molecule has 0 amide bonds. The molecule has 0 spiro atoms. The molecule has 0 aliphatic rings. The molecule has 2 rings (SSSR count). The number of fused-ring (bicyclic) bond motifs is 1. The molecule has 0 aliphatic carbocycles. The fraction of sp³-hybridized carbons (Fsp3) is 0.182. The normalized spacial score (nSPS) is 10.6. The molecule has 1 N–H and O–H groups in total. The first-order valence-corrected chi connectivity index (χ1v) is 4.56. The molecular formula is C11H11NO2. The highest BCUT2D eigenvalue weighted by Gasteiger charge is 2.09. The molecule has 0 aromatic carbocycles. The summed E-state index contributed by atoms with van der Waals surface area (Å²) in [4.78, 5) is 11.0. The van der Waals surface area contributed by atoms with Gasteiger partial charge >= 0.3 is 5.97 Å². The number of carboxylic acid groups (broad SMARTS) is 1. The van der Waals surface area contributed by atoms with Gasteiger partial charge in [0.15, 0.2) is 0 Å². The van der Waals surface area contributed by atoms with Crippen molar-refractivity contribution in [2.45, 2.75) is 13.3 Å². The third kappa shape index (κ3) is 1.18. The highest BCUT2D eigenvalue weighted by molar-refractivity contribution is 5.87. The van der Waals surface area contributed by atoms with Crippen molar-refractivity contribution < 1.29 is 9.90 Å². The van der Waals surface area contributed by atoms with Crippen molar-refractivity contribution in [1.82, 2.24) is 4.40 Å². The zero-order valence-corrected chi connectivity index (χ0v) is 7.90. The van der Waals surface area contributed by atoms with Gasteiger partial charge in [0, 0.05) is 11.2 Å². The van der Waals surface area contributed by atoms with Crippen LogP contribution in [0.3, 0.4) is 0 Å². The number of pyridine rings is 1. The standard InChI is InChI=1S/C11H11NO2/c1-2-8-6-7-9-4-3-5-10(11(13)14)12(8)9/h3-7H,2H2,1H3,(H,13,14). The number of hydrogen-bond acceptors (Lipinski definition) is 1. The lowest BCUT2D eigenvalue weighted by molar-refractivity contribution is 0.0688. The van der Waals surface area contributed by atoms with E-state index in [1.54, 1.807) is 16.5 Å². The molecule has 0 atom stereocenters. The molecule has 3 nitrogen and oxygen atoms in total. The minimum Gasteiger partial charge on any atom is -0.477 e. The zero-order valence-electron chi connectivity index (χ0n) is 7.90. The minimum atomic E-state index is -0.888. The Labute approximate surface area is 81.6 Å². The van der Waals surface area contributed by atoms with E-state index in [0.717, 1.165) is 17.6 Å². The maximum absolute atomic E-state index is 11.0. The van der Waals surface area contributed by atoms with Crippen LogP contribution in [-0.2, 0) is 6.42 Å². The topological polar surface area (TPSA) is 41.7 Å². The van der Waals surface area contributed by atoms with Gasteiger partial charge in [-0.3, -0.25) is 0 Å². The first-order valence-electron chi connectivity index (χ1n) is 4.56. The minimum absolute atomic E-state index is 0.323. The molecule has 0 fully saturated rings. The van der Waals surface area contributed by atoms with Crippen LogP contribution in [0.1, 0.15) is 23.1 Å². The van der Waals surface area contributed by atoms with E-state index in [9.17, 15) is 4.79 Å². The van der Waals surface area contributed by atoms with E-state index < -0.39 is 5.97 Å². The van der Waals surface area contributed by atoms with Crippen molar-refractivity contribution >= 4 is 11.5 Å². The number of aromatic nitrogens is 1. The van der Waals surface area contributed by atoms with Crippen molar-refractivity contribution in [2.24, 2.45) is 0 Å². The van der Waals surface area contributed by atoms with E-state index in [1.807, 2.05) is 25.1 Å². The highest BCUT2D eigenvalue weighted by atomic mass is 16.4. The molecular weight excluding hydrogens is 178 g/mol. The van der Waals surface area contributed by atoms with Crippen LogP contribution >= 0.6 is 0 Å². The number of aryl methyl sites for hydroxylation is 1. The van der Waals surface area contributed by atoms with Crippen LogP contribution in [0, 0.1) is 0 Å². The van der Waals surface area contributed by atoms with Crippen molar-refractivity contribution in [3.63, 3.8) is 0 Å². The fourth-order valence-corrected chi connectivity index (χ4v) is 1.68. The van der Waals surface area contributed by atoms with Gasteiger partial charge in [0.05, 0.1) is 0 Å². The average molecular weight is 189 g/mol. The summed E-state index contributed by atoms with van der Waals surface area (Å²) in [6, 6.07) is 9.19. The van der Waals surface area contributed by atoms with Crippen LogP contribution in [0.2, 0.25) is 0 Å². The lowest BCUT2D eigenvalue weighted by atomic mass is 10.3. The van der Waals surface area contributed by atoms with Gasteiger partial charge in [0.2, 0.25) is 0 Å². The smallest absolute Gasteiger partial charge is 0.352 e. The quantitative estimate of drug-likeness (QED) is 0.786. The molecule has 0 saturated carbocycles. The number of rotatable bonds is 2. The van der Waals surface area contributed by atoms with Crippen LogP contribution in [0.4, 0.5) is 0 Å². The number of carbonyl (C=O) groups is 1. The molecule has 0 unspecified atom stereocenters. The van der Waals surface area contributed by atoms with E-state index in [0.29, 0.717) is 5.69 Å². The van der Waals surface area contributed by atoms with Crippen LogP contribution in [0.25, 0.3) is 5.52 Å². The summed E-state index contributed by atoms with van der Waals surface area (Å²) >= 11 is 0. The summed E-state index contributed by atoms with van der Waals surface area (Å²) in [5.41, 5.74) is 2.28. The molecule has 0 bridgehead atoms. The van der Waals surface area contributed by atoms with Crippen molar-refractivity contribution in [2.75, 3.05) is 0 Å². The second kappa shape index (κ2) is 3.18. The third-order valence-electron chi connectivity index (χ3n) is 2.34. The van der Waals surface area contributed by atoms with Gasteiger partial charge in [0.1, 0.15) is 5.69 Å². The van der Waals surface area contributed by atoms with E-state index in [-0.39, 0.29) is 0 Å². The predicted octanol–water partition coefficient (Wildman–Crippen LogP) is 2.20. The van der Waals surface area contributed by atoms with Gasteiger partial charge in [-0.1, -0.05) is 13.0 Å². The summed E-state index contributed by atoms with van der Waals surface area (Å²) in [6.07, 6.45) is 0.832. The van der Waals surface area contributed by atoms with Gasteiger partial charge in [-0.15, -0.1) is 0 Å². The van der Waals surface area contributed by atoms with Gasteiger partial charge in [-0.25, -0.2) is 4.79 Å². The summed E-state index contributed by atoms with van der Waals surface area (Å²) in [6.45, 7) is 2.01. The van der Waals surface area contributed by atoms with E-state index >= 15 is 0 Å². The molecule has 2 aromatic heterocycles. The summed E-state index contributed by atoms with van der Waals surface area (Å²) in [5, 5.41) is 9.00. The molecule has 0 saturated heterocycles. The Morgan fingerprint density at radius 3 is 2.79 bits per heavy atom. The summed E-state index contributed by atoms with van der Waals surface area (Å²) < 4.78 is 1.78. The van der Waals surface area contributed by atoms with E-state index in [2.05, 4.69) is 0 Å². The van der Waals surface area contributed by atoms with Gasteiger partial charge in [-0.05, 0) is 30.7 Å². The second-order valence-electron chi connectivity index (χ2n) is 3.15. The number of hydrogen-bond donors (Lipinski definition) is 1. The maximum atomic E-state index is 11.0. The Bertz CT molecular complexity index is 485. The Kier molecular flexibility index (Phi) is 2.00. The van der Waals surface area contributed by atoms with Crippen molar-refractivity contribution in [3.05, 3.63) is 41.7 Å². The average Bonchev–Trinajstić information content (AvgIpc) is 2.59. The molecule has 3 heteroatoms. The van der Waals surface area contributed by atoms with Crippen LogP contribution in [0.15, 0.2) is 30.3 Å². The van der Waals surface area contributed by atoms with E-state index in [1.165, 1.54) is 0 Å². The Morgan fingerprint density at radius 2 is 2.14 bits per heavy atom. The van der Waals surface area contributed by atoms with E-state index in [4.69, 9.17) is 5.11 Å². The monoisotopic (exact) mass is 189 g/mol.